The Bertz CT molecular complexity index is 177. The number of rotatable bonds is 3. The zero-order chi connectivity index (χ0) is 10.8. The molecule has 0 aromatic heterocycles. The third-order valence-corrected chi connectivity index (χ3v) is 2.89. The van der Waals surface area contributed by atoms with E-state index in [9.17, 15) is 5.11 Å². The summed E-state index contributed by atoms with van der Waals surface area (Å²) in [5, 5.41) is 28.0. The van der Waals surface area contributed by atoms with E-state index < -0.39 is 11.7 Å². The molecule has 0 amide bonds. The quantitative estimate of drug-likeness (QED) is 0.600. The molecule has 1 saturated heterocycles. The van der Waals surface area contributed by atoms with Crippen molar-refractivity contribution in [2.75, 3.05) is 13.2 Å². The summed E-state index contributed by atoms with van der Waals surface area (Å²) in [5.41, 5.74) is -0.853. The van der Waals surface area contributed by atoms with Crippen LogP contribution in [0.25, 0.3) is 0 Å². The van der Waals surface area contributed by atoms with Gasteiger partial charge in [0.25, 0.3) is 0 Å². The highest BCUT2D eigenvalue weighted by atomic mass is 16.5. The summed E-state index contributed by atoms with van der Waals surface area (Å²) in [6.07, 6.45) is 0.304. The summed E-state index contributed by atoms with van der Waals surface area (Å²) in [4.78, 5) is 0. The van der Waals surface area contributed by atoms with Crippen LogP contribution in [0.5, 0.6) is 0 Å². The SMILES string of the molecule is CC(C)[C@@H]1OC(CO)(CO)CCC1O. The first-order valence-corrected chi connectivity index (χ1v) is 5.12. The van der Waals surface area contributed by atoms with Gasteiger partial charge in [0.2, 0.25) is 0 Å². The molecule has 1 fully saturated rings. The van der Waals surface area contributed by atoms with Crippen LogP contribution in [-0.4, -0.2) is 46.3 Å². The standard InChI is InChI=1S/C10H20O4/c1-7(2)9-8(13)3-4-10(5-11,6-12)14-9/h7-9,11-13H,3-6H2,1-2H3/t8?,9-/m0/s1. The van der Waals surface area contributed by atoms with E-state index in [-0.39, 0.29) is 25.2 Å². The van der Waals surface area contributed by atoms with Crippen LogP contribution in [0.1, 0.15) is 26.7 Å². The maximum absolute atomic E-state index is 9.67. The van der Waals surface area contributed by atoms with Gasteiger partial charge < -0.3 is 20.1 Å². The number of ether oxygens (including phenoxy) is 1. The van der Waals surface area contributed by atoms with Gasteiger partial charge in [-0.3, -0.25) is 0 Å². The van der Waals surface area contributed by atoms with E-state index in [1.54, 1.807) is 0 Å². The van der Waals surface area contributed by atoms with Gasteiger partial charge in [0, 0.05) is 0 Å². The van der Waals surface area contributed by atoms with Gasteiger partial charge in [-0.05, 0) is 18.8 Å². The molecule has 84 valence electrons. The highest BCUT2D eigenvalue weighted by molar-refractivity contribution is 4.90. The summed E-state index contributed by atoms with van der Waals surface area (Å²) < 4.78 is 5.60. The van der Waals surface area contributed by atoms with Gasteiger partial charge in [-0.15, -0.1) is 0 Å². The Morgan fingerprint density at radius 2 is 1.93 bits per heavy atom. The molecule has 0 aliphatic carbocycles. The lowest BCUT2D eigenvalue weighted by Crippen LogP contribution is -2.53. The molecule has 0 spiro atoms. The van der Waals surface area contributed by atoms with Crippen LogP contribution in [-0.2, 0) is 4.74 Å². The smallest absolute Gasteiger partial charge is 0.115 e. The first-order valence-electron chi connectivity index (χ1n) is 5.12. The van der Waals surface area contributed by atoms with E-state index in [4.69, 9.17) is 14.9 Å². The van der Waals surface area contributed by atoms with Crippen molar-refractivity contribution < 1.29 is 20.1 Å². The van der Waals surface area contributed by atoms with Gasteiger partial charge in [0.15, 0.2) is 0 Å². The first kappa shape index (κ1) is 11.9. The lowest BCUT2D eigenvalue weighted by Gasteiger charge is -2.43. The molecule has 0 aromatic rings. The summed E-state index contributed by atoms with van der Waals surface area (Å²) in [7, 11) is 0. The van der Waals surface area contributed by atoms with Crippen molar-refractivity contribution in [1.29, 1.82) is 0 Å². The second kappa shape index (κ2) is 4.57. The van der Waals surface area contributed by atoms with Crippen LogP contribution >= 0.6 is 0 Å². The lowest BCUT2D eigenvalue weighted by atomic mass is 9.87. The Hall–Kier alpha value is -0.160. The molecule has 1 unspecified atom stereocenters. The second-order valence-corrected chi connectivity index (χ2v) is 4.43. The Morgan fingerprint density at radius 1 is 1.36 bits per heavy atom. The lowest BCUT2D eigenvalue weighted by molar-refractivity contribution is -0.215. The number of aliphatic hydroxyl groups excluding tert-OH is 3. The third-order valence-electron chi connectivity index (χ3n) is 2.89. The minimum Gasteiger partial charge on any atom is -0.393 e. The molecule has 0 aromatic carbocycles. The molecule has 1 rings (SSSR count). The zero-order valence-corrected chi connectivity index (χ0v) is 8.81. The Morgan fingerprint density at radius 3 is 2.36 bits per heavy atom. The first-order chi connectivity index (χ1) is 6.54. The molecule has 4 nitrogen and oxygen atoms in total. The summed E-state index contributed by atoms with van der Waals surface area (Å²) in [5.74, 6) is 0.183. The zero-order valence-electron chi connectivity index (χ0n) is 8.81. The topological polar surface area (TPSA) is 69.9 Å². The van der Waals surface area contributed by atoms with Gasteiger partial charge in [0.1, 0.15) is 5.60 Å². The average Bonchev–Trinajstić information content (AvgIpc) is 2.19. The van der Waals surface area contributed by atoms with Crippen LogP contribution in [0.3, 0.4) is 0 Å². The highest BCUT2D eigenvalue weighted by Crippen LogP contribution is 2.31. The number of hydrogen-bond acceptors (Lipinski definition) is 4. The molecule has 1 aliphatic rings. The molecule has 1 aliphatic heterocycles. The van der Waals surface area contributed by atoms with E-state index >= 15 is 0 Å². The summed E-state index contributed by atoms with van der Waals surface area (Å²) >= 11 is 0. The summed E-state index contributed by atoms with van der Waals surface area (Å²) in [6, 6.07) is 0. The van der Waals surface area contributed by atoms with Crippen LogP contribution in [0.4, 0.5) is 0 Å². The predicted molar refractivity (Wildman–Crippen MR) is 51.9 cm³/mol. The van der Waals surface area contributed by atoms with Gasteiger partial charge in [-0.1, -0.05) is 13.8 Å². The Kier molecular flexibility index (Phi) is 3.89. The minimum atomic E-state index is -0.853. The average molecular weight is 204 g/mol. The van der Waals surface area contributed by atoms with Crippen molar-refractivity contribution in [3.8, 4) is 0 Å². The molecule has 0 radical (unpaired) electrons. The van der Waals surface area contributed by atoms with E-state index in [2.05, 4.69) is 0 Å². The van der Waals surface area contributed by atoms with Crippen molar-refractivity contribution in [3.05, 3.63) is 0 Å². The van der Waals surface area contributed by atoms with E-state index in [0.717, 1.165) is 0 Å². The maximum Gasteiger partial charge on any atom is 0.115 e. The highest BCUT2D eigenvalue weighted by Gasteiger charge is 2.41. The molecule has 4 heteroatoms. The molecule has 1 heterocycles. The Labute approximate surface area is 84.5 Å². The van der Waals surface area contributed by atoms with E-state index in [1.165, 1.54) is 0 Å². The fraction of sp³-hybridized carbons (Fsp3) is 1.00. The number of aliphatic hydroxyl groups is 3. The fourth-order valence-electron chi connectivity index (χ4n) is 1.86. The van der Waals surface area contributed by atoms with Crippen LogP contribution in [0, 0.1) is 5.92 Å². The summed E-state index contributed by atoms with van der Waals surface area (Å²) in [6.45, 7) is 3.52. The second-order valence-electron chi connectivity index (χ2n) is 4.43. The molecule has 3 N–H and O–H groups in total. The molecule has 2 atom stereocenters. The molecular formula is C10H20O4. The largest absolute Gasteiger partial charge is 0.393 e. The van der Waals surface area contributed by atoms with Crippen molar-refractivity contribution in [1.82, 2.24) is 0 Å². The molecular weight excluding hydrogens is 184 g/mol. The third kappa shape index (κ3) is 2.25. The van der Waals surface area contributed by atoms with Gasteiger partial charge >= 0.3 is 0 Å². The number of hydrogen-bond donors (Lipinski definition) is 3. The Balaban J connectivity index is 2.69. The molecule has 0 saturated carbocycles. The molecule has 14 heavy (non-hydrogen) atoms. The van der Waals surface area contributed by atoms with Crippen molar-refractivity contribution >= 4 is 0 Å². The van der Waals surface area contributed by atoms with E-state index in [0.29, 0.717) is 12.8 Å². The van der Waals surface area contributed by atoms with Crippen molar-refractivity contribution in [3.63, 3.8) is 0 Å². The predicted octanol–water partition coefficient (Wildman–Crippen LogP) is -0.0943. The van der Waals surface area contributed by atoms with Gasteiger partial charge in [-0.25, -0.2) is 0 Å². The van der Waals surface area contributed by atoms with Crippen LogP contribution in [0.2, 0.25) is 0 Å². The monoisotopic (exact) mass is 204 g/mol. The molecule has 0 bridgehead atoms. The van der Waals surface area contributed by atoms with Crippen molar-refractivity contribution in [2.24, 2.45) is 5.92 Å². The van der Waals surface area contributed by atoms with Crippen LogP contribution in [0.15, 0.2) is 0 Å². The van der Waals surface area contributed by atoms with Gasteiger partial charge in [-0.2, -0.15) is 0 Å². The van der Waals surface area contributed by atoms with Gasteiger partial charge in [0.05, 0.1) is 25.4 Å². The van der Waals surface area contributed by atoms with E-state index in [1.807, 2.05) is 13.8 Å². The van der Waals surface area contributed by atoms with Crippen LogP contribution < -0.4 is 0 Å². The normalized spacial score (nSPS) is 32.1. The minimum absolute atomic E-state index is 0.183. The van der Waals surface area contributed by atoms with Crippen molar-refractivity contribution in [2.45, 2.75) is 44.5 Å². The maximum atomic E-state index is 9.67. The fourth-order valence-corrected chi connectivity index (χ4v) is 1.86.